The van der Waals surface area contributed by atoms with E-state index in [0.29, 0.717) is 11.5 Å². The van der Waals surface area contributed by atoms with Crippen molar-refractivity contribution < 1.29 is 4.79 Å². The average molecular weight is 207 g/mol. The molecular weight excluding hydrogens is 190 g/mol. The van der Waals surface area contributed by atoms with Crippen LogP contribution in [0.4, 0.5) is 0 Å². The van der Waals surface area contributed by atoms with Gasteiger partial charge >= 0.3 is 0 Å². The summed E-state index contributed by atoms with van der Waals surface area (Å²) in [4.78, 5) is 13.9. The van der Waals surface area contributed by atoms with Gasteiger partial charge in [-0.2, -0.15) is 5.10 Å². The molecule has 0 aromatic carbocycles. The highest BCUT2D eigenvalue weighted by molar-refractivity contribution is 5.93. The Balaban J connectivity index is 1.93. The molecule has 1 unspecified atom stereocenters. The minimum absolute atomic E-state index is 0.113. The minimum Gasteiger partial charge on any atom is -0.338 e. The molecule has 0 radical (unpaired) electrons. The summed E-state index contributed by atoms with van der Waals surface area (Å²) in [5.74, 6) is 0.813. The van der Waals surface area contributed by atoms with E-state index in [4.69, 9.17) is 0 Å². The van der Waals surface area contributed by atoms with Crippen LogP contribution in [0.2, 0.25) is 0 Å². The summed E-state index contributed by atoms with van der Waals surface area (Å²) in [5.41, 5.74) is 0.673. The molecule has 0 saturated carbocycles. The highest BCUT2D eigenvalue weighted by atomic mass is 16.2. The molecule has 1 saturated heterocycles. The van der Waals surface area contributed by atoms with Crippen LogP contribution in [0.5, 0.6) is 0 Å². The maximum atomic E-state index is 11.9. The number of nitrogens with one attached hydrogen (secondary N) is 1. The van der Waals surface area contributed by atoms with E-state index >= 15 is 0 Å². The van der Waals surface area contributed by atoms with Crippen LogP contribution in [-0.2, 0) is 0 Å². The predicted octanol–water partition coefficient (Wildman–Crippen LogP) is 1.67. The van der Waals surface area contributed by atoms with Gasteiger partial charge in [-0.25, -0.2) is 0 Å². The summed E-state index contributed by atoms with van der Waals surface area (Å²) in [6, 6.07) is 0. The number of amides is 1. The molecule has 82 valence electrons. The number of nitrogens with zero attached hydrogens (tertiary/aromatic N) is 2. The second-order valence-electron chi connectivity index (χ2n) is 4.18. The van der Waals surface area contributed by atoms with Gasteiger partial charge in [0.15, 0.2) is 0 Å². The average Bonchev–Trinajstić information content (AvgIpc) is 2.87. The van der Waals surface area contributed by atoms with Crippen LogP contribution in [-0.4, -0.2) is 34.1 Å². The molecule has 4 heteroatoms. The lowest BCUT2D eigenvalue weighted by atomic mass is 10.0. The Morgan fingerprint density at radius 3 is 3.27 bits per heavy atom. The van der Waals surface area contributed by atoms with Crippen molar-refractivity contribution in [2.45, 2.75) is 26.2 Å². The molecule has 1 aromatic heterocycles. The number of aromatic nitrogens is 2. The summed E-state index contributed by atoms with van der Waals surface area (Å²) in [5, 5.41) is 6.47. The van der Waals surface area contributed by atoms with Gasteiger partial charge < -0.3 is 4.90 Å². The fraction of sp³-hybridized carbons (Fsp3) is 0.636. The maximum Gasteiger partial charge on any atom is 0.257 e. The van der Waals surface area contributed by atoms with E-state index in [-0.39, 0.29) is 5.91 Å². The van der Waals surface area contributed by atoms with E-state index in [9.17, 15) is 4.79 Å². The molecule has 1 fully saturated rings. The molecular formula is C11H17N3O. The second kappa shape index (κ2) is 4.47. The van der Waals surface area contributed by atoms with Crippen LogP contribution >= 0.6 is 0 Å². The van der Waals surface area contributed by atoms with Crippen LogP contribution in [0, 0.1) is 5.92 Å². The molecule has 0 aliphatic carbocycles. The van der Waals surface area contributed by atoms with E-state index in [2.05, 4.69) is 17.1 Å². The third-order valence-corrected chi connectivity index (χ3v) is 3.02. The van der Waals surface area contributed by atoms with Crippen molar-refractivity contribution in [1.82, 2.24) is 15.1 Å². The van der Waals surface area contributed by atoms with Crippen molar-refractivity contribution in [3.63, 3.8) is 0 Å². The minimum atomic E-state index is 0.113. The van der Waals surface area contributed by atoms with E-state index < -0.39 is 0 Å². The van der Waals surface area contributed by atoms with Crippen molar-refractivity contribution >= 4 is 5.91 Å². The zero-order valence-corrected chi connectivity index (χ0v) is 9.07. The van der Waals surface area contributed by atoms with Crippen molar-refractivity contribution in [3.8, 4) is 0 Å². The summed E-state index contributed by atoms with van der Waals surface area (Å²) < 4.78 is 0. The number of carbonyl (C=O) groups is 1. The fourth-order valence-electron chi connectivity index (χ4n) is 2.21. The van der Waals surface area contributed by atoms with E-state index in [0.717, 1.165) is 19.5 Å². The van der Waals surface area contributed by atoms with Gasteiger partial charge in [0, 0.05) is 19.3 Å². The molecule has 1 atom stereocenters. The number of H-pyrrole nitrogens is 1. The van der Waals surface area contributed by atoms with E-state index in [1.807, 2.05) is 4.90 Å². The molecule has 0 spiro atoms. The second-order valence-corrected chi connectivity index (χ2v) is 4.18. The topological polar surface area (TPSA) is 49.0 Å². The summed E-state index contributed by atoms with van der Waals surface area (Å²) >= 11 is 0. The van der Waals surface area contributed by atoms with Crippen LogP contribution in [0.3, 0.4) is 0 Å². The standard InChI is InChI=1S/C11H17N3O/c1-2-3-9-4-5-14(8-9)11(15)10-6-12-13-7-10/h6-7,9H,2-5,8H2,1H3,(H,12,13). The quantitative estimate of drug-likeness (QED) is 0.819. The molecule has 4 nitrogen and oxygen atoms in total. The van der Waals surface area contributed by atoms with Crippen LogP contribution in [0.25, 0.3) is 0 Å². The van der Waals surface area contributed by atoms with Gasteiger partial charge in [0.1, 0.15) is 0 Å². The zero-order valence-electron chi connectivity index (χ0n) is 9.07. The Labute approximate surface area is 89.7 Å². The van der Waals surface area contributed by atoms with Crippen LogP contribution in [0.1, 0.15) is 36.5 Å². The molecule has 0 bridgehead atoms. The largest absolute Gasteiger partial charge is 0.338 e. The third-order valence-electron chi connectivity index (χ3n) is 3.02. The van der Waals surface area contributed by atoms with Crippen LogP contribution in [0.15, 0.2) is 12.4 Å². The Hall–Kier alpha value is -1.32. The van der Waals surface area contributed by atoms with Gasteiger partial charge in [-0.3, -0.25) is 9.89 Å². The number of hydrogen-bond acceptors (Lipinski definition) is 2. The number of rotatable bonds is 3. The Morgan fingerprint density at radius 2 is 2.60 bits per heavy atom. The summed E-state index contributed by atoms with van der Waals surface area (Å²) in [6.07, 6.45) is 6.84. The van der Waals surface area contributed by atoms with Gasteiger partial charge in [-0.05, 0) is 18.8 Å². The molecule has 1 aliphatic rings. The summed E-state index contributed by atoms with van der Waals surface area (Å²) in [6.45, 7) is 4.01. The predicted molar refractivity (Wildman–Crippen MR) is 57.5 cm³/mol. The smallest absolute Gasteiger partial charge is 0.257 e. The highest BCUT2D eigenvalue weighted by Crippen LogP contribution is 2.22. The van der Waals surface area contributed by atoms with Crippen molar-refractivity contribution in [1.29, 1.82) is 0 Å². The SMILES string of the molecule is CCCC1CCN(C(=O)c2cn[nH]c2)C1. The molecule has 1 amide bonds. The first-order chi connectivity index (χ1) is 7.31. The Morgan fingerprint density at radius 1 is 1.73 bits per heavy atom. The maximum absolute atomic E-state index is 11.9. The van der Waals surface area contributed by atoms with Crippen LogP contribution < -0.4 is 0 Å². The number of likely N-dealkylation sites (tertiary alicyclic amines) is 1. The number of aromatic amines is 1. The number of carbonyl (C=O) groups excluding carboxylic acids is 1. The molecule has 1 N–H and O–H groups in total. The first-order valence-corrected chi connectivity index (χ1v) is 5.59. The lowest BCUT2D eigenvalue weighted by Crippen LogP contribution is -2.28. The molecule has 1 aromatic rings. The normalized spacial score (nSPS) is 20.9. The van der Waals surface area contributed by atoms with E-state index in [1.165, 1.54) is 12.8 Å². The Bertz CT molecular complexity index is 321. The number of hydrogen-bond donors (Lipinski definition) is 1. The van der Waals surface area contributed by atoms with Gasteiger partial charge in [0.25, 0.3) is 5.91 Å². The molecule has 15 heavy (non-hydrogen) atoms. The van der Waals surface area contributed by atoms with Gasteiger partial charge in [0.2, 0.25) is 0 Å². The molecule has 2 rings (SSSR count). The molecule has 2 heterocycles. The first kappa shape index (κ1) is 10.2. The highest BCUT2D eigenvalue weighted by Gasteiger charge is 2.26. The lowest BCUT2D eigenvalue weighted by molar-refractivity contribution is 0.0786. The van der Waals surface area contributed by atoms with Crippen molar-refractivity contribution in [3.05, 3.63) is 18.0 Å². The van der Waals surface area contributed by atoms with Gasteiger partial charge in [-0.15, -0.1) is 0 Å². The van der Waals surface area contributed by atoms with Gasteiger partial charge in [-0.1, -0.05) is 13.3 Å². The van der Waals surface area contributed by atoms with Gasteiger partial charge in [0.05, 0.1) is 11.8 Å². The van der Waals surface area contributed by atoms with Crippen molar-refractivity contribution in [2.24, 2.45) is 5.92 Å². The van der Waals surface area contributed by atoms with E-state index in [1.54, 1.807) is 12.4 Å². The van der Waals surface area contributed by atoms with Crippen molar-refractivity contribution in [2.75, 3.05) is 13.1 Å². The zero-order chi connectivity index (χ0) is 10.7. The monoisotopic (exact) mass is 207 g/mol. The summed E-state index contributed by atoms with van der Waals surface area (Å²) in [7, 11) is 0. The fourth-order valence-corrected chi connectivity index (χ4v) is 2.21. The first-order valence-electron chi connectivity index (χ1n) is 5.59. The third kappa shape index (κ3) is 2.19. The molecule has 1 aliphatic heterocycles. The lowest BCUT2D eigenvalue weighted by Gasteiger charge is -2.15. The Kier molecular flexibility index (Phi) is 3.04.